The number of benzene rings is 2. The Morgan fingerprint density at radius 2 is 1.86 bits per heavy atom. The highest BCUT2D eigenvalue weighted by Gasteiger charge is 2.05. The first kappa shape index (κ1) is 15.4. The van der Waals surface area contributed by atoms with Gasteiger partial charge in [0.15, 0.2) is 0 Å². The highest BCUT2D eigenvalue weighted by atomic mass is 35.5. The Morgan fingerprint density at radius 3 is 2.57 bits per heavy atom. The summed E-state index contributed by atoms with van der Waals surface area (Å²) in [6, 6.07) is 14.9. The molecule has 0 unspecified atom stereocenters. The maximum absolute atomic E-state index is 11.9. The molecule has 0 heterocycles. The molecule has 3 nitrogen and oxygen atoms in total. The molecule has 0 bridgehead atoms. The molecule has 1 amide bonds. The molecular weight excluding hydrogens is 286 g/mol. The van der Waals surface area contributed by atoms with Crippen LogP contribution in [0.5, 0.6) is 5.75 Å². The number of hydrogen-bond donors (Lipinski definition) is 1. The Labute approximate surface area is 129 Å². The van der Waals surface area contributed by atoms with Crippen LogP contribution < -0.4 is 10.1 Å². The predicted octanol–water partition coefficient (Wildman–Crippen LogP) is 4.31. The van der Waals surface area contributed by atoms with E-state index in [2.05, 4.69) is 12.2 Å². The fourth-order valence-corrected chi connectivity index (χ4v) is 2.08. The predicted molar refractivity (Wildman–Crippen MR) is 86.0 cm³/mol. The lowest BCUT2D eigenvalue weighted by atomic mass is 10.1. The van der Waals surface area contributed by atoms with E-state index >= 15 is 0 Å². The molecule has 0 aliphatic carbocycles. The second-order valence-corrected chi connectivity index (χ2v) is 5.05. The number of halogens is 1. The summed E-state index contributed by atoms with van der Waals surface area (Å²) in [4.78, 5) is 11.9. The fraction of sp³-hybridized carbons (Fsp3) is 0.235. The largest absolute Gasteiger partial charge is 0.493 e. The van der Waals surface area contributed by atoms with Crippen LogP contribution in [0.3, 0.4) is 0 Å². The highest BCUT2D eigenvalue weighted by molar-refractivity contribution is 6.30. The molecule has 0 spiro atoms. The van der Waals surface area contributed by atoms with Gasteiger partial charge < -0.3 is 10.1 Å². The van der Waals surface area contributed by atoms with Crippen molar-refractivity contribution < 1.29 is 9.53 Å². The summed E-state index contributed by atoms with van der Waals surface area (Å²) in [5.74, 6) is 0.658. The summed E-state index contributed by atoms with van der Waals surface area (Å²) in [6.07, 6.45) is 1.19. The van der Waals surface area contributed by atoms with Crippen molar-refractivity contribution in [1.29, 1.82) is 0 Å². The Kier molecular flexibility index (Phi) is 5.64. The number of aryl methyl sites for hydroxylation is 1. The van der Waals surface area contributed by atoms with E-state index in [0.29, 0.717) is 23.8 Å². The first-order valence-electron chi connectivity index (χ1n) is 6.95. The van der Waals surface area contributed by atoms with Crippen LogP contribution in [-0.4, -0.2) is 12.5 Å². The van der Waals surface area contributed by atoms with Gasteiger partial charge in [-0.05, 0) is 42.3 Å². The van der Waals surface area contributed by atoms with E-state index in [4.69, 9.17) is 16.3 Å². The Hall–Kier alpha value is -2.00. The molecule has 110 valence electrons. The summed E-state index contributed by atoms with van der Waals surface area (Å²) >= 11 is 5.80. The molecule has 0 atom stereocenters. The number of carbonyl (C=O) groups excluding carboxylic acids is 1. The van der Waals surface area contributed by atoms with E-state index < -0.39 is 0 Å². The molecule has 0 aliphatic rings. The SMILES string of the molecule is CCc1ccccc1NC(=O)CCOc1ccc(Cl)cc1. The van der Waals surface area contributed by atoms with Crippen molar-refractivity contribution >= 4 is 23.2 Å². The van der Waals surface area contributed by atoms with Gasteiger partial charge in [0, 0.05) is 10.7 Å². The van der Waals surface area contributed by atoms with Gasteiger partial charge in [0.05, 0.1) is 13.0 Å². The summed E-state index contributed by atoms with van der Waals surface area (Å²) in [7, 11) is 0. The van der Waals surface area contributed by atoms with Crippen LogP contribution in [0.1, 0.15) is 18.9 Å². The van der Waals surface area contributed by atoms with Crippen LogP contribution in [0.15, 0.2) is 48.5 Å². The minimum absolute atomic E-state index is 0.0511. The zero-order chi connectivity index (χ0) is 15.1. The Bertz CT molecular complexity index is 596. The molecule has 0 saturated heterocycles. The second-order valence-electron chi connectivity index (χ2n) is 4.61. The van der Waals surface area contributed by atoms with E-state index in [-0.39, 0.29) is 5.91 Å². The number of amides is 1. The van der Waals surface area contributed by atoms with Gasteiger partial charge in [-0.25, -0.2) is 0 Å². The van der Waals surface area contributed by atoms with Crippen molar-refractivity contribution in [2.24, 2.45) is 0 Å². The molecule has 0 aliphatic heterocycles. The van der Waals surface area contributed by atoms with E-state index in [1.165, 1.54) is 0 Å². The van der Waals surface area contributed by atoms with Crippen molar-refractivity contribution in [1.82, 2.24) is 0 Å². The molecular formula is C17H18ClNO2. The maximum Gasteiger partial charge on any atom is 0.227 e. The number of nitrogens with one attached hydrogen (secondary N) is 1. The number of anilines is 1. The summed E-state index contributed by atoms with van der Waals surface area (Å²) < 4.78 is 5.51. The molecule has 0 saturated carbocycles. The Morgan fingerprint density at radius 1 is 1.14 bits per heavy atom. The van der Waals surface area contributed by atoms with Crippen molar-refractivity contribution in [3.63, 3.8) is 0 Å². The van der Waals surface area contributed by atoms with Gasteiger partial charge in [-0.2, -0.15) is 0 Å². The van der Waals surface area contributed by atoms with Crippen molar-refractivity contribution in [3.8, 4) is 5.75 Å². The van der Waals surface area contributed by atoms with E-state index in [1.807, 2.05) is 24.3 Å². The maximum atomic E-state index is 11.9. The number of carbonyl (C=O) groups is 1. The van der Waals surface area contributed by atoms with Gasteiger partial charge >= 0.3 is 0 Å². The van der Waals surface area contributed by atoms with Crippen molar-refractivity contribution in [3.05, 3.63) is 59.1 Å². The normalized spacial score (nSPS) is 10.2. The average molecular weight is 304 g/mol. The number of ether oxygens (including phenoxy) is 1. The van der Waals surface area contributed by atoms with Crippen molar-refractivity contribution in [2.75, 3.05) is 11.9 Å². The molecule has 0 fully saturated rings. The van der Waals surface area contributed by atoms with Crippen molar-refractivity contribution in [2.45, 2.75) is 19.8 Å². The third-order valence-corrected chi connectivity index (χ3v) is 3.34. The quantitative estimate of drug-likeness (QED) is 0.863. The summed E-state index contributed by atoms with van der Waals surface area (Å²) in [5.41, 5.74) is 2.00. The average Bonchev–Trinajstić information content (AvgIpc) is 2.50. The Balaban J connectivity index is 1.81. The first-order valence-corrected chi connectivity index (χ1v) is 7.33. The highest BCUT2D eigenvalue weighted by Crippen LogP contribution is 2.17. The van der Waals surface area contributed by atoms with Gasteiger partial charge in [-0.1, -0.05) is 36.7 Å². The van der Waals surface area contributed by atoms with E-state index in [9.17, 15) is 4.79 Å². The van der Waals surface area contributed by atoms with Crippen LogP contribution in [0.2, 0.25) is 5.02 Å². The van der Waals surface area contributed by atoms with Crippen LogP contribution in [0, 0.1) is 0 Å². The minimum atomic E-state index is -0.0511. The number of rotatable bonds is 6. The van der Waals surface area contributed by atoms with Crippen LogP contribution in [-0.2, 0) is 11.2 Å². The molecule has 0 aromatic heterocycles. The lowest BCUT2D eigenvalue weighted by molar-refractivity contribution is -0.116. The van der Waals surface area contributed by atoms with Gasteiger partial charge in [0.2, 0.25) is 5.91 Å². The van der Waals surface area contributed by atoms with Gasteiger partial charge in [0.1, 0.15) is 5.75 Å². The third kappa shape index (κ3) is 4.80. The fourth-order valence-electron chi connectivity index (χ4n) is 1.96. The van der Waals surface area contributed by atoms with E-state index in [0.717, 1.165) is 17.7 Å². The van der Waals surface area contributed by atoms with Gasteiger partial charge in [-0.15, -0.1) is 0 Å². The molecule has 1 N–H and O–H groups in total. The summed E-state index contributed by atoms with van der Waals surface area (Å²) in [5, 5.41) is 3.58. The van der Waals surface area contributed by atoms with E-state index in [1.54, 1.807) is 24.3 Å². The molecule has 2 aromatic rings. The number of para-hydroxylation sites is 1. The lowest BCUT2D eigenvalue weighted by Gasteiger charge is -2.10. The first-order chi connectivity index (χ1) is 10.2. The smallest absolute Gasteiger partial charge is 0.227 e. The number of hydrogen-bond acceptors (Lipinski definition) is 2. The van der Waals surface area contributed by atoms with Crippen LogP contribution in [0.4, 0.5) is 5.69 Å². The summed E-state index contributed by atoms with van der Waals surface area (Å²) in [6.45, 7) is 2.40. The van der Waals surface area contributed by atoms with Gasteiger partial charge in [0.25, 0.3) is 0 Å². The molecule has 21 heavy (non-hydrogen) atoms. The lowest BCUT2D eigenvalue weighted by Crippen LogP contribution is -2.16. The zero-order valence-corrected chi connectivity index (χ0v) is 12.7. The monoisotopic (exact) mass is 303 g/mol. The molecule has 0 radical (unpaired) electrons. The molecule has 4 heteroatoms. The molecule has 2 rings (SSSR count). The van der Waals surface area contributed by atoms with Gasteiger partial charge in [-0.3, -0.25) is 4.79 Å². The topological polar surface area (TPSA) is 38.3 Å². The van der Waals surface area contributed by atoms with Crippen LogP contribution >= 0.6 is 11.6 Å². The minimum Gasteiger partial charge on any atom is -0.493 e. The van der Waals surface area contributed by atoms with Crippen LogP contribution in [0.25, 0.3) is 0 Å². The molecule has 2 aromatic carbocycles. The third-order valence-electron chi connectivity index (χ3n) is 3.08. The standard InChI is InChI=1S/C17H18ClNO2/c1-2-13-5-3-4-6-16(13)19-17(20)11-12-21-15-9-7-14(18)8-10-15/h3-10H,2,11-12H2,1H3,(H,19,20). The zero-order valence-electron chi connectivity index (χ0n) is 11.9. The second kappa shape index (κ2) is 7.70.